The second kappa shape index (κ2) is 5.00. The Balaban J connectivity index is 2.21. The number of ether oxygens (including phenoxy) is 2. The van der Waals surface area contributed by atoms with E-state index >= 15 is 0 Å². The summed E-state index contributed by atoms with van der Waals surface area (Å²) < 4.78 is 12.3. The largest absolute Gasteiger partial charge is 0.506 e. The van der Waals surface area contributed by atoms with Gasteiger partial charge in [0.2, 0.25) is 0 Å². The lowest BCUT2D eigenvalue weighted by Gasteiger charge is -2.08. The third kappa shape index (κ3) is 2.06. The average Bonchev–Trinajstić information content (AvgIpc) is 3.08. The van der Waals surface area contributed by atoms with Crippen molar-refractivity contribution in [2.24, 2.45) is 0 Å². The van der Waals surface area contributed by atoms with Crippen molar-refractivity contribution in [3.05, 3.63) is 29.4 Å². The summed E-state index contributed by atoms with van der Waals surface area (Å²) in [6.07, 6.45) is 1.63. The fraction of sp³-hybridized carbons (Fsp3) is 0.143. The molecule has 0 spiro atoms. The van der Waals surface area contributed by atoms with E-state index in [1.54, 1.807) is 37.2 Å². The van der Waals surface area contributed by atoms with Gasteiger partial charge >= 0.3 is 0 Å². The van der Waals surface area contributed by atoms with E-state index in [-0.39, 0.29) is 10.6 Å². The van der Waals surface area contributed by atoms with Crippen LogP contribution in [0.15, 0.2) is 24.5 Å². The van der Waals surface area contributed by atoms with E-state index in [4.69, 9.17) is 14.7 Å². The lowest BCUT2D eigenvalue weighted by molar-refractivity contribution is 0.355. The third-order valence-corrected chi connectivity index (χ3v) is 4.12. The first kappa shape index (κ1) is 13.3. The number of benzene rings is 1. The molecule has 7 heteroatoms. The van der Waals surface area contributed by atoms with Gasteiger partial charge in [0.1, 0.15) is 28.0 Å². The third-order valence-electron chi connectivity index (χ3n) is 3.09. The highest BCUT2D eigenvalue weighted by atomic mass is 32.1. The zero-order valence-corrected chi connectivity index (χ0v) is 12.1. The van der Waals surface area contributed by atoms with Crippen LogP contribution < -0.4 is 9.47 Å². The first-order valence-electron chi connectivity index (χ1n) is 6.00. The number of nitrogens with zero attached hydrogens (tertiary/aromatic N) is 3. The molecule has 0 atom stereocenters. The van der Waals surface area contributed by atoms with Crippen molar-refractivity contribution in [2.75, 3.05) is 14.2 Å². The Bertz CT molecular complexity index is 860. The van der Waals surface area contributed by atoms with Crippen molar-refractivity contribution in [1.82, 2.24) is 9.55 Å². The highest BCUT2D eigenvalue weighted by Gasteiger charge is 2.14. The minimum atomic E-state index is -0.0279. The number of methoxy groups -OCH3 is 2. The predicted octanol–water partition coefficient (Wildman–Crippen LogP) is 2.68. The highest BCUT2D eigenvalue weighted by molar-refractivity contribution is 7.15. The van der Waals surface area contributed by atoms with Crippen LogP contribution in [0.3, 0.4) is 0 Å². The Hall–Kier alpha value is -2.72. The van der Waals surface area contributed by atoms with Gasteiger partial charge in [-0.1, -0.05) is 0 Å². The van der Waals surface area contributed by atoms with Crippen LogP contribution in [-0.2, 0) is 0 Å². The number of fused-ring (bicyclic) bond motifs is 1. The molecule has 0 radical (unpaired) electrons. The fourth-order valence-corrected chi connectivity index (χ4v) is 2.91. The molecule has 21 heavy (non-hydrogen) atoms. The number of hydrogen-bond donors (Lipinski definition) is 1. The molecule has 0 fully saturated rings. The van der Waals surface area contributed by atoms with Gasteiger partial charge in [0.15, 0.2) is 11.5 Å². The molecule has 0 saturated carbocycles. The van der Waals surface area contributed by atoms with Crippen LogP contribution in [0.1, 0.15) is 4.88 Å². The summed E-state index contributed by atoms with van der Waals surface area (Å²) in [6.45, 7) is 0. The molecule has 1 aromatic carbocycles. The van der Waals surface area contributed by atoms with Crippen LogP contribution in [0, 0.1) is 11.3 Å². The summed E-state index contributed by atoms with van der Waals surface area (Å²) in [5.74, 6) is 1.16. The number of rotatable bonds is 3. The number of hydrogen-bond acceptors (Lipinski definition) is 6. The minimum absolute atomic E-state index is 0.0279. The van der Waals surface area contributed by atoms with Gasteiger partial charge in [0.25, 0.3) is 0 Å². The Morgan fingerprint density at radius 3 is 2.57 bits per heavy atom. The van der Waals surface area contributed by atoms with Crippen LogP contribution in [0.4, 0.5) is 0 Å². The van der Waals surface area contributed by atoms with Gasteiger partial charge in [-0.15, -0.1) is 11.3 Å². The van der Waals surface area contributed by atoms with Crippen LogP contribution in [-0.4, -0.2) is 28.9 Å². The van der Waals surface area contributed by atoms with Crippen LogP contribution in [0.5, 0.6) is 17.2 Å². The molecule has 0 aliphatic heterocycles. The molecular weight excluding hydrogens is 290 g/mol. The second-order valence-electron chi connectivity index (χ2n) is 4.22. The van der Waals surface area contributed by atoms with E-state index < -0.39 is 0 Å². The maximum atomic E-state index is 9.69. The molecule has 0 aliphatic carbocycles. The summed E-state index contributed by atoms with van der Waals surface area (Å²) in [5, 5.41) is 19.3. The van der Waals surface area contributed by atoms with Gasteiger partial charge in [-0.3, -0.25) is 4.57 Å². The standard InChI is InChI=1S/C14H11N3O3S/c1-19-11-3-8-9(4-12(11)20-2)17(7-16-8)14-5-10(18)13(6-15)21-14/h3-5,7,18H,1-2H3. The molecule has 2 heterocycles. The van der Waals surface area contributed by atoms with E-state index in [1.807, 2.05) is 12.1 Å². The van der Waals surface area contributed by atoms with E-state index in [0.29, 0.717) is 16.5 Å². The van der Waals surface area contributed by atoms with Crippen molar-refractivity contribution in [1.29, 1.82) is 5.26 Å². The maximum Gasteiger partial charge on any atom is 0.163 e. The molecular formula is C14H11N3O3S. The van der Waals surface area contributed by atoms with Crippen molar-refractivity contribution in [3.63, 3.8) is 0 Å². The molecule has 0 aliphatic rings. The number of thiophene rings is 1. The SMILES string of the molecule is COc1cc2ncn(-c3cc(O)c(C#N)s3)c2cc1OC. The Labute approximate surface area is 124 Å². The number of aromatic hydroxyl groups is 1. The quantitative estimate of drug-likeness (QED) is 0.804. The Kier molecular flexibility index (Phi) is 3.16. The minimum Gasteiger partial charge on any atom is -0.506 e. The average molecular weight is 301 g/mol. The normalized spacial score (nSPS) is 10.5. The highest BCUT2D eigenvalue weighted by Crippen LogP contribution is 2.35. The smallest absolute Gasteiger partial charge is 0.163 e. The summed E-state index contributed by atoms with van der Waals surface area (Å²) >= 11 is 1.20. The molecule has 1 N–H and O–H groups in total. The van der Waals surface area contributed by atoms with Crippen LogP contribution >= 0.6 is 11.3 Å². The van der Waals surface area contributed by atoms with Crippen molar-refractivity contribution in [3.8, 4) is 28.3 Å². The molecule has 2 aromatic heterocycles. The fourth-order valence-electron chi connectivity index (χ4n) is 2.08. The summed E-state index contributed by atoms with van der Waals surface area (Å²) in [5.41, 5.74) is 1.54. The molecule has 0 unspecified atom stereocenters. The molecule has 106 valence electrons. The topological polar surface area (TPSA) is 80.3 Å². The zero-order chi connectivity index (χ0) is 15.0. The van der Waals surface area contributed by atoms with Gasteiger partial charge in [-0.05, 0) is 0 Å². The molecule has 0 amide bonds. The lowest BCUT2D eigenvalue weighted by Crippen LogP contribution is -1.92. The molecule has 0 bridgehead atoms. The molecule has 0 saturated heterocycles. The molecule has 3 rings (SSSR count). The van der Waals surface area contributed by atoms with E-state index in [1.165, 1.54) is 11.3 Å². The molecule has 3 aromatic rings. The first-order valence-corrected chi connectivity index (χ1v) is 6.82. The van der Waals surface area contributed by atoms with Gasteiger partial charge in [0, 0.05) is 18.2 Å². The van der Waals surface area contributed by atoms with Gasteiger partial charge < -0.3 is 14.6 Å². The van der Waals surface area contributed by atoms with Crippen LogP contribution in [0.25, 0.3) is 16.0 Å². The number of aromatic nitrogens is 2. The first-order chi connectivity index (χ1) is 10.2. The van der Waals surface area contributed by atoms with Gasteiger partial charge in [-0.2, -0.15) is 5.26 Å². The number of imidazole rings is 1. The predicted molar refractivity (Wildman–Crippen MR) is 78.4 cm³/mol. The summed E-state index contributed by atoms with van der Waals surface area (Å²) in [6, 6.07) is 7.09. The van der Waals surface area contributed by atoms with Gasteiger partial charge in [-0.25, -0.2) is 4.98 Å². The zero-order valence-electron chi connectivity index (χ0n) is 11.3. The van der Waals surface area contributed by atoms with E-state index in [2.05, 4.69) is 4.98 Å². The Morgan fingerprint density at radius 1 is 1.24 bits per heavy atom. The van der Waals surface area contributed by atoms with Crippen molar-refractivity contribution < 1.29 is 14.6 Å². The van der Waals surface area contributed by atoms with E-state index in [0.717, 1.165) is 11.0 Å². The van der Waals surface area contributed by atoms with E-state index in [9.17, 15) is 5.11 Å². The second-order valence-corrected chi connectivity index (χ2v) is 5.25. The summed E-state index contributed by atoms with van der Waals surface area (Å²) in [7, 11) is 3.13. The molecule has 6 nitrogen and oxygen atoms in total. The van der Waals surface area contributed by atoms with Crippen molar-refractivity contribution in [2.45, 2.75) is 0 Å². The lowest BCUT2D eigenvalue weighted by atomic mass is 10.2. The summed E-state index contributed by atoms with van der Waals surface area (Å²) in [4.78, 5) is 4.58. The van der Waals surface area contributed by atoms with Crippen LogP contribution in [0.2, 0.25) is 0 Å². The number of nitriles is 1. The maximum absolute atomic E-state index is 9.69. The monoisotopic (exact) mass is 301 g/mol. The Morgan fingerprint density at radius 2 is 1.95 bits per heavy atom. The van der Waals surface area contributed by atoms with Gasteiger partial charge in [0.05, 0.1) is 25.3 Å². The van der Waals surface area contributed by atoms with Crippen molar-refractivity contribution >= 4 is 22.4 Å².